The Kier molecular flexibility index (Phi) is 4.03. The van der Waals surface area contributed by atoms with E-state index in [1.54, 1.807) is 11.3 Å². The molecule has 0 radical (unpaired) electrons. The maximum Gasteiger partial charge on any atom is 0.221 e. The molecule has 2 N–H and O–H groups in total. The number of hydrogen-bond donors (Lipinski definition) is 2. The fourth-order valence-electron chi connectivity index (χ4n) is 3.97. The number of rotatable bonds is 2. The van der Waals surface area contributed by atoms with Gasteiger partial charge in [0.15, 0.2) is 11.6 Å². The van der Waals surface area contributed by atoms with Crippen LogP contribution in [-0.2, 0) is 17.6 Å². The van der Waals surface area contributed by atoms with Crippen molar-refractivity contribution in [3.8, 4) is 11.4 Å². The van der Waals surface area contributed by atoms with E-state index >= 15 is 0 Å². The van der Waals surface area contributed by atoms with Crippen LogP contribution >= 0.6 is 23.1 Å². The molecule has 0 bridgehead atoms. The topological polar surface area (TPSA) is 97.6 Å². The van der Waals surface area contributed by atoms with Gasteiger partial charge in [-0.05, 0) is 55.1 Å². The second kappa shape index (κ2) is 6.78. The number of nitrogens with one attached hydrogen (secondary N) is 2. The minimum Gasteiger partial charge on any atom is -0.317 e. The fraction of sp³-hybridized carbons (Fsp3) is 0.250. The third-order valence-corrected chi connectivity index (χ3v) is 7.39. The molecule has 0 saturated carbocycles. The number of aryl methyl sites for hydroxylation is 1. The molecule has 30 heavy (non-hydrogen) atoms. The van der Waals surface area contributed by atoms with Crippen molar-refractivity contribution >= 4 is 50.9 Å². The van der Waals surface area contributed by atoms with Gasteiger partial charge >= 0.3 is 0 Å². The summed E-state index contributed by atoms with van der Waals surface area (Å²) in [5.41, 5.74) is 7.26. The Morgan fingerprint density at radius 2 is 1.93 bits per heavy atom. The highest BCUT2D eigenvalue weighted by molar-refractivity contribution is 7.99. The number of aromatic nitrogens is 5. The third kappa shape index (κ3) is 2.78. The zero-order valence-corrected chi connectivity index (χ0v) is 17.7. The van der Waals surface area contributed by atoms with Crippen molar-refractivity contribution in [2.75, 3.05) is 10.7 Å². The molecular formula is C20H17N7OS2. The van der Waals surface area contributed by atoms with Crippen LogP contribution in [0.25, 0.3) is 22.4 Å². The zero-order chi connectivity index (χ0) is 20.2. The van der Waals surface area contributed by atoms with Crippen LogP contribution < -0.4 is 10.7 Å². The predicted molar refractivity (Wildman–Crippen MR) is 117 cm³/mol. The summed E-state index contributed by atoms with van der Waals surface area (Å²) in [6.07, 6.45) is 4.33. The van der Waals surface area contributed by atoms with Crippen LogP contribution in [0.2, 0.25) is 0 Å². The minimum atomic E-state index is -0.0850. The number of benzene rings is 1. The van der Waals surface area contributed by atoms with E-state index in [9.17, 15) is 4.79 Å². The van der Waals surface area contributed by atoms with Gasteiger partial charge in [0.2, 0.25) is 11.1 Å². The first-order valence-electron chi connectivity index (χ1n) is 9.77. The molecule has 0 spiro atoms. The lowest BCUT2D eigenvalue weighted by Crippen LogP contribution is -2.19. The van der Waals surface area contributed by atoms with E-state index in [0.29, 0.717) is 16.8 Å². The van der Waals surface area contributed by atoms with Crippen LogP contribution in [0.15, 0.2) is 34.4 Å². The molecular weight excluding hydrogens is 418 g/mol. The predicted octanol–water partition coefficient (Wildman–Crippen LogP) is 4.13. The number of nitrogens with zero attached hydrogens (tertiary/aromatic N) is 5. The molecule has 4 heterocycles. The van der Waals surface area contributed by atoms with Crippen molar-refractivity contribution < 1.29 is 4.79 Å². The summed E-state index contributed by atoms with van der Waals surface area (Å²) in [7, 11) is 0. The standard InChI is InChI=1S/C20H17N7OS2/c1-10(28)21-18-15(11-6-2-5-9-14(11)29-18)17-24-25-20-27(17)26-16-19(30-20)23-13-8-4-3-7-12(13)22-16/h3-4,7-8H,2,5-6,9H2,1H3,(H,21,28)(H,22,26). The van der Waals surface area contributed by atoms with Gasteiger partial charge in [-0.3, -0.25) is 10.2 Å². The SMILES string of the molecule is CC(=O)Nc1sc2c(c1-c1nnc3n1Nc1nc4ccccc4nc1S3)CCCC2. The molecule has 0 atom stereocenters. The molecule has 150 valence electrons. The number of thiophene rings is 1. The van der Waals surface area contributed by atoms with Crippen molar-refractivity contribution in [1.82, 2.24) is 24.8 Å². The van der Waals surface area contributed by atoms with Crippen molar-refractivity contribution in [2.24, 2.45) is 0 Å². The summed E-state index contributed by atoms with van der Waals surface area (Å²) < 4.78 is 1.86. The molecule has 1 aromatic carbocycles. The van der Waals surface area contributed by atoms with Crippen LogP contribution in [0, 0.1) is 0 Å². The number of amides is 1. The molecule has 1 aliphatic heterocycles. The number of hydrogen-bond acceptors (Lipinski definition) is 8. The maximum atomic E-state index is 11.8. The van der Waals surface area contributed by atoms with Crippen LogP contribution in [0.5, 0.6) is 0 Å². The highest BCUT2D eigenvalue weighted by Gasteiger charge is 2.30. The highest BCUT2D eigenvalue weighted by Crippen LogP contribution is 2.45. The number of carbonyl (C=O) groups is 1. The number of para-hydroxylation sites is 2. The molecule has 0 unspecified atom stereocenters. The Labute approximate surface area is 180 Å². The van der Waals surface area contributed by atoms with Crippen molar-refractivity contribution in [3.63, 3.8) is 0 Å². The third-order valence-electron chi connectivity index (χ3n) is 5.26. The lowest BCUT2D eigenvalue weighted by atomic mass is 9.95. The number of anilines is 2. The van der Waals surface area contributed by atoms with Gasteiger partial charge in [-0.1, -0.05) is 12.1 Å². The number of carbonyl (C=O) groups excluding carboxylic acids is 1. The zero-order valence-electron chi connectivity index (χ0n) is 16.1. The van der Waals surface area contributed by atoms with Gasteiger partial charge in [-0.25, -0.2) is 14.6 Å². The van der Waals surface area contributed by atoms with E-state index < -0.39 is 0 Å². The van der Waals surface area contributed by atoms with Crippen LogP contribution in [-0.4, -0.2) is 30.7 Å². The van der Waals surface area contributed by atoms with Crippen LogP contribution in [0.4, 0.5) is 10.8 Å². The lowest BCUT2D eigenvalue weighted by Gasteiger charge is -2.20. The Hall–Kier alpha value is -2.98. The second-order valence-electron chi connectivity index (χ2n) is 7.32. The maximum absolute atomic E-state index is 11.8. The van der Waals surface area contributed by atoms with Crippen molar-refractivity contribution in [3.05, 3.63) is 34.7 Å². The van der Waals surface area contributed by atoms with Crippen molar-refractivity contribution in [1.29, 1.82) is 0 Å². The minimum absolute atomic E-state index is 0.0850. The molecule has 3 aromatic heterocycles. The Morgan fingerprint density at radius 1 is 1.13 bits per heavy atom. The molecule has 0 saturated heterocycles. The average molecular weight is 436 g/mol. The molecule has 4 aromatic rings. The highest BCUT2D eigenvalue weighted by atomic mass is 32.2. The van der Waals surface area contributed by atoms with E-state index in [1.807, 2.05) is 28.9 Å². The largest absolute Gasteiger partial charge is 0.317 e. The molecule has 2 aliphatic rings. The van der Waals surface area contributed by atoms with Gasteiger partial charge in [0.1, 0.15) is 10.0 Å². The van der Waals surface area contributed by atoms with E-state index in [-0.39, 0.29) is 5.91 Å². The van der Waals surface area contributed by atoms with E-state index in [4.69, 9.17) is 9.97 Å². The van der Waals surface area contributed by atoms with Gasteiger partial charge in [0, 0.05) is 11.8 Å². The first-order valence-corrected chi connectivity index (χ1v) is 11.4. The smallest absolute Gasteiger partial charge is 0.221 e. The second-order valence-corrected chi connectivity index (χ2v) is 9.38. The first kappa shape index (κ1) is 17.8. The molecule has 10 heteroatoms. The van der Waals surface area contributed by atoms with Crippen LogP contribution in [0.1, 0.15) is 30.2 Å². The Morgan fingerprint density at radius 3 is 2.77 bits per heavy atom. The Balaban J connectivity index is 1.48. The van der Waals surface area contributed by atoms with Gasteiger partial charge in [-0.2, -0.15) is 0 Å². The quantitative estimate of drug-likeness (QED) is 0.430. The summed E-state index contributed by atoms with van der Waals surface area (Å²) in [6, 6.07) is 7.80. The molecule has 6 rings (SSSR count). The molecule has 8 nitrogen and oxygen atoms in total. The first-order chi connectivity index (χ1) is 14.7. The molecule has 1 amide bonds. The molecule has 0 fully saturated rings. The van der Waals surface area contributed by atoms with Gasteiger partial charge in [0.05, 0.1) is 16.6 Å². The summed E-state index contributed by atoms with van der Waals surface area (Å²) in [5, 5.41) is 14.2. The van der Waals surface area contributed by atoms with E-state index in [0.717, 1.165) is 45.9 Å². The summed E-state index contributed by atoms with van der Waals surface area (Å²) in [5.74, 6) is 1.29. The Bertz CT molecular complexity index is 1330. The van der Waals surface area contributed by atoms with Gasteiger partial charge in [0.25, 0.3) is 0 Å². The normalized spacial score (nSPS) is 14.6. The molecule has 1 aliphatic carbocycles. The lowest BCUT2D eigenvalue weighted by molar-refractivity contribution is -0.114. The summed E-state index contributed by atoms with van der Waals surface area (Å²) in [6.45, 7) is 1.53. The summed E-state index contributed by atoms with van der Waals surface area (Å²) >= 11 is 3.09. The van der Waals surface area contributed by atoms with Crippen molar-refractivity contribution in [2.45, 2.75) is 42.8 Å². The van der Waals surface area contributed by atoms with Gasteiger partial charge in [-0.15, -0.1) is 21.5 Å². The van der Waals surface area contributed by atoms with Crippen LogP contribution in [0.3, 0.4) is 0 Å². The van der Waals surface area contributed by atoms with E-state index in [1.165, 1.54) is 35.5 Å². The summed E-state index contributed by atoms with van der Waals surface area (Å²) in [4.78, 5) is 22.6. The average Bonchev–Trinajstić information content (AvgIpc) is 3.30. The monoisotopic (exact) mass is 435 g/mol. The van der Waals surface area contributed by atoms with Gasteiger partial charge < -0.3 is 5.32 Å². The fourth-order valence-corrected chi connectivity index (χ4v) is 6.11. The van der Waals surface area contributed by atoms with E-state index in [2.05, 4.69) is 20.9 Å². The number of fused-ring (bicyclic) bond motifs is 4.